The summed E-state index contributed by atoms with van der Waals surface area (Å²) in [7, 11) is 0. The molecule has 1 fully saturated rings. The molecule has 2 aromatic heterocycles. The van der Waals surface area contributed by atoms with E-state index in [0.29, 0.717) is 20.8 Å². The number of aryl methyl sites for hydroxylation is 2. The van der Waals surface area contributed by atoms with Crippen LogP contribution >= 0.6 is 34.8 Å². The van der Waals surface area contributed by atoms with Crippen molar-refractivity contribution in [2.24, 2.45) is 0 Å². The lowest BCUT2D eigenvalue weighted by atomic mass is 10.0. The molecule has 0 spiro atoms. The second-order valence-electron chi connectivity index (χ2n) is 7.59. The van der Waals surface area contributed by atoms with E-state index in [-0.39, 0.29) is 6.04 Å². The Hall–Kier alpha value is -1.93. The van der Waals surface area contributed by atoms with Crippen molar-refractivity contribution in [2.75, 3.05) is 18.0 Å². The Morgan fingerprint density at radius 1 is 1.03 bits per heavy atom. The summed E-state index contributed by atoms with van der Waals surface area (Å²) in [6.07, 6.45) is 1.78. The average Bonchev–Trinajstić information content (AvgIpc) is 2.92. The topological polar surface area (TPSA) is 25.4 Å². The molecular formula is C22H21Cl3N4. The molecule has 3 heterocycles. The van der Waals surface area contributed by atoms with E-state index in [0.717, 1.165) is 59.6 Å². The van der Waals surface area contributed by atoms with E-state index >= 15 is 0 Å². The van der Waals surface area contributed by atoms with Crippen LogP contribution in [0.1, 0.15) is 29.8 Å². The summed E-state index contributed by atoms with van der Waals surface area (Å²) >= 11 is 19.2. The number of nitrogens with zero attached hydrogens (tertiary/aromatic N) is 4. The number of piperidine rings is 1. The molecule has 0 saturated carbocycles. The summed E-state index contributed by atoms with van der Waals surface area (Å²) < 4.78 is 2.04. The van der Waals surface area contributed by atoms with Gasteiger partial charge in [0.25, 0.3) is 0 Å². The smallest absolute Gasteiger partial charge is 0.227 e. The third-order valence-corrected chi connectivity index (χ3v) is 6.56. The van der Waals surface area contributed by atoms with Gasteiger partial charge in [0.05, 0.1) is 15.7 Å². The van der Waals surface area contributed by atoms with Crippen molar-refractivity contribution in [3.63, 3.8) is 0 Å². The fourth-order valence-corrected chi connectivity index (χ4v) is 5.16. The van der Waals surface area contributed by atoms with Crippen molar-refractivity contribution >= 4 is 51.5 Å². The number of pyridine rings is 1. The Kier molecular flexibility index (Phi) is 5.42. The monoisotopic (exact) mass is 446 g/mol. The molecule has 0 bridgehead atoms. The molecule has 4 nitrogen and oxygen atoms in total. The highest BCUT2D eigenvalue weighted by atomic mass is 35.5. The van der Waals surface area contributed by atoms with Gasteiger partial charge in [0.2, 0.25) is 6.04 Å². The summed E-state index contributed by atoms with van der Waals surface area (Å²) in [6, 6.07) is 5.68. The van der Waals surface area contributed by atoms with Crippen molar-refractivity contribution in [1.82, 2.24) is 9.55 Å². The van der Waals surface area contributed by atoms with E-state index in [1.165, 1.54) is 0 Å². The lowest BCUT2D eigenvalue weighted by Crippen LogP contribution is -2.35. The highest BCUT2D eigenvalue weighted by Crippen LogP contribution is 2.40. The second kappa shape index (κ2) is 7.72. The van der Waals surface area contributed by atoms with Crippen LogP contribution in [0, 0.1) is 27.3 Å². The van der Waals surface area contributed by atoms with Crippen LogP contribution in [0.5, 0.6) is 0 Å². The maximum atomic E-state index is 7.31. The number of hydrogen-bond donors (Lipinski definition) is 0. The molecule has 0 aliphatic carbocycles. The van der Waals surface area contributed by atoms with Gasteiger partial charge in [0.15, 0.2) is 0 Å². The van der Waals surface area contributed by atoms with E-state index in [2.05, 4.69) is 29.7 Å². The van der Waals surface area contributed by atoms with Crippen LogP contribution in [0.2, 0.25) is 15.1 Å². The summed E-state index contributed by atoms with van der Waals surface area (Å²) in [5.41, 5.74) is 5.83. The van der Waals surface area contributed by atoms with Crippen molar-refractivity contribution in [3.8, 4) is 5.69 Å². The molecule has 0 N–H and O–H groups in total. The summed E-state index contributed by atoms with van der Waals surface area (Å²) in [4.78, 5) is 11.0. The number of benzene rings is 1. The molecule has 1 aliphatic rings. The molecule has 4 rings (SSSR count). The van der Waals surface area contributed by atoms with Gasteiger partial charge in [-0.05, 0) is 44.5 Å². The average molecular weight is 448 g/mol. The molecule has 150 valence electrons. The SMILES string of the molecule is [C-]#[N+]C1CCN(c2cc(C)nc3c2c(C)c(C)n3-c2c(Cl)cc(Cl)cc2Cl)CC1. The zero-order valence-corrected chi connectivity index (χ0v) is 18.8. The van der Waals surface area contributed by atoms with Gasteiger partial charge in [-0.15, -0.1) is 0 Å². The Labute approximate surface area is 185 Å². The Balaban J connectivity index is 1.95. The molecule has 1 saturated heterocycles. The maximum absolute atomic E-state index is 7.31. The van der Waals surface area contributed by atoms with Crippen LogP contribution in [0.4, 0.5) is 5.69 Å². The third kappa shape index (κ3) is 3.46. The van der Waals surface area contributed by atoms with E-state index in [9.17, 15) is 0 Å². The normalized spacial score (nSPS) is 15.1. The van der Waals surface area contributed by atoms with Crippen molar-refractivity contribution in [3.05, 3.63) is 61.6 Å². The van der Waals surface area contributed by atoms with E-state index in [4.69, 9.17) is 46.4 Å². The predicted octanol–water partition coefficient (Wildman–Crippen LogP) is 6.80. The number of aromatic nitrogens is 2. The Bertz CT molecular complexity index is 1130. The predicted molar refractivity (Wildman–Crippen MR) is 122 cm³/mol. The Morgan fingerprint density at radius 3 is 2.24 bits per heavy atom. The molecule has 0 radical (unpaired) electrons. The van der Waals surface area contributed by atoms with Gasteiger partial charge in [-0.25, -0.2) is 11.6 Å². The van der Waals surface area contributed by atoms with Crippen LogP contribution in [-0.2, 0) is 0 Å². The number of anilines is 1. The van der Waals surface area contributed by atoms with Gasteiger partial charge >= 0.3 is 0 Å². The van der Waals surface area contributed by atoms with Crippen LogP contribution in [0.3, 0.4) is 0 Å². The highest BCUT2D eigenvalue weighted by molar-refractivity contribution is 6.40. The van der Waals surface area contributed by atoms with E-state index in [1.54, 1.807) is 12.1 Å². The van der Waals surface area contributed by atoms with Crippen LogP contribution < -0.4 is 4.90 Å². The molecule has 29 heavy (non-hydrogen) atoms. The minimum absolute atomic E-state index is 0.129. The fraction of sp³-hybridized carbons (Fsp3) is 0.364. The van der Waals surface area contributed by atoms with Crippen LogP contribution in [0.15, 0.2) is 18.2 Å². The first-order valence-electron chi connectivity index (χ1n) is 9.57. The quantitative estimate of drug-likeness (QED) is 0.404. The van der Waals surface area contributed by atoms with E-state index < -0.39 is 0 Å². The van der Waals surface area contributed by atoms with Crippen molar-refractivity contribution in [2.45, 2.75) is 39.7 Å². The Morgan fingerprint density at radius 2 is 1.66 bits per heavy atom. The molecule has 0 atom stereocenters. The zero-order chi connectivity index (χ0) is 20.9. The van der Waals surface area contributed by atoms with Crippen LogP contribution in [-0.4, -0.2) is 28.7 Å². The molecule has 1 aromatic carbocycles. The highest BCUT2D eigenvalue weighted by Gasteiger charge is 2.27. The standard InChI is InChI=1S/C22H21Cl3N4/c1-12-9-19(28-7-5-16(26-4)6-8-28)20-13(2)14(3)29(22(20)27-12)21-17(24)10-15(23)11-18(21)25/h9-11,16H,5-8H2,1-3H3. The van der Waals surface area contributed by atoms with Gasteiger partial charge < -0.3 is 9.74 Å². The largest absolute Gasteiger partial charge is 0.370 e. The van der Waals surface area contributed by atoms with E-state index in [1.807, 2.05) is 11.5 Å². The van der Waals surface area contributed by atoms with Crippen molar-refractivity contribution < 1.29 is 0 Å². The molecule has 7 heteroatoms. The minimum atomic E-state index is 0.129. The van der Waals surface area contributed by atoms with Crippen molar-refractivity contribution in [1.29, 1.82) is 0 Å². The van der Waals surface area contributed by atoms with Gasteiger partial charge in [-0.1, -0.05) is 34.8 Å². The number of hydrogen-bond acceptors (Lipinski definition) is 2. The third-order valence-electron chi connectivity index (χ3n) is 5.77. The first-order chi connectivity index (χ1) is 13.8. The van der Waals surface area contributed by atoms with Crippen LogP contribution in [0.25, 0.3) is 21.6 Å². The number of halogens is 3. The molecule has 0 amide bonds. The molecular weight excluding hydrogens is 427 g/mol. The van der Waals surface area contributed by atoms with Gasteiger partial charge in [0.1, 0.15) is 5.65 Å². The van der Waals surface area contributed by atoms with Gasteiger partial charge in [-0.3, -0.25) is 4.57 Å². The molecule has 1 aliphatic heterocycles. The first kappa shape index (κ1) is 20.3. The molecule has 3 aromatic rings. The molecule has 0 unspecified atom stereocenters. The summed E-state index contributed by atoms with van der Waals surface area (Å²) in [5.74, 6) is 0. The lowest BCUT2D eigenvalue weighted by molar-refractivity contribution is 0.549. The fourth-order valence-electron chi connectivity index (χ4n) is 4.18. The summed E-state index contributed by atoms with van der Waals surface area (Å²) in [6.45, 7) is 15.2. The summed E-state index contributed by atoms with van der Waals surface area (Å²) in [5, 5.41) is 2.59. The second-order valence-corrected chi connectivity index (χ2v) is 8.84. The first-order valence-corrected chi connectivity index (χ1v) is 10.7. The van der Waals surface area contributed by atoms with Gasteiger partial charge in [0, 0.05) is 53.4 Å². The van der Waals surface area contributed by atoms with Gasteiger partial charge in [-0.2, -0.15) is 0 Å². The number of rotatable bonds is 2. The minimum Gasteiger partial charge on any atom is -0.370 e. The zero-order valence-electron chi connectivity index (χ0n) is 16.6. The maximum Gasteiger partial charge on any atom is 0.227 e. The lowest BCUT2D eigenvalue weighted by Gasteiger charge is -2.30. The number of fused-ring (bicyclic) bond motifs is 1.